The smallest absolute Gasteiger partial charge is 0.126 e. The van der Waals surface area contributed by atoms with Crippen molar-refractivity contribution in [3.8, 4) is 0 Å². The average molecular weight is 230 g/mol. The van der Waals surface area contributed by atoms with Crippen LogP contribution in [0.1, 0.15) is 27.2 Å². The molecule has 2 atom stereocenters. The third-order valence-electron chi connectivity index (χ3n) is 2.75. The molecule has 0 spiro atoms. The minimum Gasteiger partial charge on any atom is -0.382 e. The summed E-state index contributed by atoms with van der Waals surface area (Å²) in [6.07, 6.45) is 1.09. The van der Waals surface area contributed by atoms with Gasteiger partial charge >= 0.3 is 0 Å². The van der Waals surface area contributed by atoms with E-state index in [0.717, 1.165) is 12.1 Å². The lowest BCUT2D eigenvalue weighted by Gasteiger charge is -2.21. The highest BCUT2D eigenvalue weighted by Gasteiger charge is 2.10. The second-order valence-corrected chi connectivity index (χ2v) is 4.41. The third-order valence-corrected chi connectivity index (χ3v) is 2.97. The number of nitrogens with one attached hydrogen (secondary N) is 1. The molecule has 1 N–H and O–H groups in total. The molecule has 0 radical (unpaired) electrons. The van der Waals surface area contributed by atoms with Gasteiger partial charge < -0.3 is 5.32 Å². The molecule has 0 aliphatic carbocycles. The Balaban J connectivity index is 2.72. The summed E-state index contributed by atoms with van der Waals surface area (Å²) in [6, 6.07) is 4.82. The number of hydrogen-bond acceptors (Lipinski definition) is 1. The summed E-state index contributed by atoms with van der Waals surface area (Å²) in [5, 5.41) is 3.67. The van der Waals surface area contributed by atoms with E-state index >= 15 is 0 Å². The van der Waals surface area contributed by atoms with Gasteiger partial charge in [-0.15, -0.1) is 0 Å². The first-order valence-electron chi connectivity index (χ1n) is 5.25. The fraction of sp³-hybridized carbons (Fsp3) is 0.500. The molecule has 1 nitrogen and oxygen atoms in total. The normalized spacial score (nSPS) is 14.7. The predicted molar refractivity (Wildman–Crippen MR) is 63.9 cm³/mol. The van der Waals surface area contributed by atoms with Gasteiger partial charge in [-0.1, -0.05) is 31.9 Å². The summed E-state index contributed by atoms with van der Waals surface area (Å²) >= 11 is 5.77. The molecule has 0 amide bonds. The first kappa shape index (κ1) is 12.3. The summed E-state index contributed by atoms with van der Waals surface area (Å²) in [4.78, 5) is 0. The van der Waals surface area contributed by atoms with Crippen molar-refractivity contribution in [3.05, 3.63) is 29.0 Å². The standard InChI is InChI=1S/C12H17ClFN/c1-4-8(2)9(3)15-12-6-10(13)5-11(14)7-12/h5-9,15H,4H2,1-3H3. The van der Waals surface area contributed by atoms with Crippen molar-refractivity contribution in [1.82, 2.24) is 0 Å². The van der Waals surface area contributed by atoms with Gasteiger partial charge in [0.2, 0.25) is 0 Å². The maximum atomic E-state index is 13.0. The van der Waals surface area contributed by atoms with E-state index in [1.807, 2.05) is 0 Å². The minimum atomic E-state index is -0.304. The van der Waals surface area contributed by atoms with Crippen molar-refractivity contribution >= 4 is 17.3 Å². The van der Waals surface area contributed by atoms with Crippen molar-refractivity contribution in [2.24, 2.45) is 5.92 Å². The largest absolute Gasteiger partial charge is 0.382 e. The minimum absolute atomic E-state index is 0.304. The van der Waals surface area contributed by atoms with Gasteiger partial charge in [0.1, 0.15) is 5.82 Å². The lowest BCUT2D eigenvalue weighted by molar-refractivity contribution is 0.494. The van der Waals surface area contributed by atoms with Crippen LogP contribution in [0.15, 0.2) is 18.2 Å². The van der Waals surface area contributed by atoms with Crippen LogP contribution in [0.5, 0.6) is 0 Å². The first-order valence-corrected chi connectivity index (χ1v) is 5.63. The van der Waals surface area contributed by atoms with Crippen LogP contribution in [-0.2, 0) is 0 Å². The molecule has 0 saturated heterocycles. The number of anilines is 1. The molecule has 0 aliphatic heterocycles. The van der Waals surface area contributed by atoms with Crippen molar-refractivity contribution in [3.63, 3.8) is 0 Å². The third kappa shape index (κ3) is 3.71. The van der Waals surface area contributed by atoms with Crippen molar-refractivity contribution in [1.29, 1.82) is 0 Å². The molecule has 0 fully saturated rings. The number of benzene rings is 1. The fourth-order valence-corrected chi connectivity index (χ4v) is 1.62. The highest BCUT2D eigenvalue weighted by molar-refractivity contribution is 6.30. The summed E-state index contributed by atoms with van der Waals surface area (Å²) in [5.74, 6) is 0.244. The molecule has 0 aliphatic rings. The molecule has 84 valence electrons. The van der Waals surface area contributed by atoms with Crippen LogP contribution in [0, 0.1) is 11.7 Å². The molecule has 3 heteroatoms. The Morgan fingerprint density at radius 3 is 2.53 bits per heavy atom. The molecular weight excluding hydrogens is 213 g/mol. The summed E-state index contributed by atoms with van der Waals surface area (Å²) in [5.41, 5.74) is 0.743. The van der Waals surface area contributed by atoms with Crippen molar-refractivity contribution in [2.75, 3.05) is 5.32 Å². The zero-order chi connectivity index (χ0) is 11.4. The van der Waals surface area contributed by atoms with Crippen molar-refractivity contribution in [2.45, 2.75) is 33.2 Å². The van der Waals surface area contributed by atoms with Gasteiger partial charge in [0.05, 0.1) is 0 Å². The van der Waals surface area contributed by atoms with Gasteiger partial charge in [-0.2, -0.15) is 0 Å². The lowest BCUT2D eigenvalue weighted by Crippen LogP contribution is -2.23. The number of hydrogen-bond donors (Lipinski definition) is 1. The highest BCUT2D eigenvalue weighted by atomic mass is 35.5. The lowest BCUT2D eigenvalue weighted by atomic mass is 10.0. The Morgan fingerprint density at radius 1 is 1.33 bits per heavy atom. The van der Waals surface area contributed by atoms with Gasteiger partial charge in [-0.3, -0.25) is 0 Å². The highest BCUT2D eigenvalue weighted by Crippen LogP contribution is 2.20. The SMILES string of the molecule is CCC(C)C(C)Nc1cc(F)cc(Cl)c1. The van der Waals surface area contributed by atoms with E-state index in [2.05, 4.69) is 26.1 Å². The van der Waals surface area contributed by atoms with Gasteiger partial charge in [0.25, 0.3) is 0 Å². The van der Waals surface area contributed by atoms with Gasteiger partial charge in [0, 0.05) is 16.8 Å². The van der Waals surface area contributed by atoms with Crippen LogP contribution >= 0.6 is 11.6 Å². The Hall–Kier alpha value is -0.760. The predicted octanol–water partition coefficient (Wildman–Crippen LogP) is 4.33. The second-order valence-electron chi connectivity index (χ2n) is 3.98. The quantitative estimate of drug-likeness (QED) is 0.811. The number of halogens is 2. The molecule has 0 heterocycles. The Morgan fingerprint density at radius 2 is 2.00 bits per heavy atom. The molecular formula is C12H17ClFN. The molecule has 1 aromatic rings. The molecule has 0 saturated carbocycles. The zero-order valence-electron chi connectivity index (χ0n) is 9.35. The first-order chi connectivity index (χ1) is 7.02. The maximum Gasteiger partial charge on any atom is 0.126 e. The van der Waals surface area contributed by atoms with Crippen molar-refractivity contribution < 1.29 is 4.39 Å². The summed E-state index contributed by atoms with van der Waals surface area (Å²) in [6.45, 7) is 6.40. The molecule has 1 aromatic carbocycles. The Kier molecular flexibility index (Phi) is 4.40. The summed E-state index contributed by atoms with van der Waals surface area (Å²) < 4.78 is 13.0. The molecule has 2 unspecified atom stereocenters. The Labute approximate surface area is 95.6 Å². The number of rotatable bonds is 4. The van der Waals surface area contributed by atoms with E-state index in [4.69, 9.17) is 11.6 Å². The van der Waals surface area contributed by atoms with Crippen LogP contribution in [-0.4, -0.2) is 6.04 Å². The van der Waals surface area contributed by atoms with E-state index in [0.29, 0.717) is 17.0 Å². The van der Waals surface area contributed by atoms with E-state index in [1.54, 1.807) is 6.07 Å². The monoisotopic (exact) mass is 229 g/mol. The molecule has 0 aromatic heterocycles. The summed E-state index contributed by atoms with van der Waals surface area (Å²) in [7, 11) is 0. The van der Waals surface area contributed by atoms with Crippen LogP contribution in [0.25, 0.3) is 0 Å². The van der Waals surface area contributed by atoms with E-state index < -0.39 is 0 Å². The van der Waals surface area contributed by atoms with Crippen LogP contribution in [0.2, 0.25) is 5.02 Å². The average Bonchev–Trinajstić information content (AvgIpc) is 2.14. The topological polar surface area (TPSA) is 12.0 Å². The second kappa shape index (κ2) is 5.36. The van der Waals surface area contributed by atoms with Gasteiger partial charge in [-0.05, 0) is 31.0 Å². The Bertz CT molecular complexity index is 307. The molecule has 1 rings (SSSR count). The van der Waals surface area contributed by atoms with Gasteiger partial charge in [0.15, 0.2) is 0 Å². The van der Waals surface area contributed by atoms with Crippen LogP contribution in [0.3, 0.4) is 0 Å². The van der Waals surface area contributed by atoms with Crippen LogP contribution in [0.4, 0.5) is 10.1 Å². The van der Waals surface area contributed by atoms with Crippen LogP contribution < -0.4 is 5.32 Å². The van der Waals surface area contributed by atoms with Gasteiger partial charge in [-0.25, -0.2) is 4.39 Å². The fourth-order valence-electron chi connectivity index (χ4n) is 1.40. The molecule has 0 bridgehead atoms. The van der Waals surface area contributed by atoms with E-state index in [-0.39, 0.29) is 5.82 Å². The maximum absolute atomic E-state index is 13.0. The zero-order valence-corrected chi connectivity index (χ0v) is 10.1. The molecule has 15 heavy (non-hydrogen) atoms. The van der Waals surface area contributed by atoms with E-state index in [1.165, 1.54) is 12.1 Å². The van der Waals surface area contributed by atoms with E-state index in [9.17, 15) is 4.39 Å².